The second kappa shape index (κ2) is 8.20. The van der Waals surface area contributed by atoms with Crippen LogP contribution in [-0.4, -0.2) is 42.4 Å². The normalized spacial score (nSPS) is 17.6. The summed E-state index contributed by atoms with van der Waals surface area (Å²) in [6, 6.07) is 5.67. The van der Waals surface area contributed by atoms with Gasteiger partial charge in [0, 0.05) is 42.9 Å². The molecule has 1 aliphatic heterocycles. The molecule has 1 heterocycles. The van der Waals surface area contributed by atoms with E-state index in [4.69, 9.17) is 33.0 Å². The van der Waals surface area contributed by atoms with Gasteiger partial charge in [0.2, 0.25) is 0 Å². The highest BCUT2D eigenvalue weighted by atomic mass is 35.5. The summed E-state index contributed by atoms with van der Waals surface area (Å²) < 4.78 is 5.73. The van der Waals surface area contributed by atoms with E-state index in [0.717, 1.165) is 49.5 Å². The lowest BCUT2D eigenvalue weighted by atomic mass is 10.1. The van der Waals surface area contributed by atoms with Crippen molar-refractivity contribution < 1.29 is 9.84 Å². The monoisotopic (exact) mass is 317 g/mol. The van der Waals surface area contributed by atoms with Crippen LogP contribution >= 0.6 is 23.2 Å². The number of piperidine rings is 1. The Bertz CT molecular complexity index is 420. The molecule has 2 rings (SSSR count). The van der Waals surface area contributed by atoms with E-state index in [1.54, 1.807) is 6.07 Å². The van der Waals surface area contributed by atoms with Crippen molar-refractivity contribution in [3.63, 3.8) is 0 Å². The van der Waals surface area contributed by atoms with Gasteiger partial charge in [-0.25, -0.2) is 0 Å². The molecule has 1 aliphatic rings. The van der Waals surface area contributed by atoms with Crippen LogP contribution in [0.4, 0.5) is 0 Å². The van der Waals surface area contributed by atoms with Crippen LogP contribution in [0.2, 0.25) is 10.0 Å². The van der Waals surface area contributed by atoms with E-state index < -0.39 is 0 Å². The number of halogens is 2. The van der Waals surface area contributed by atoms with E-state index in [1.165, 1.54) is 0 Å². The van der Waals surface area contributed by atoms with Crippen LogP contribution in [0.15, 0.2) is 18.2 Å². The molecule has 5 heteroatoms. The molecule has 1 aromatic carbocycles. The molecule has 0 bridgehead atoms. The van der Waals surface area contributed by atoms with Gasteiger partial charge in [0.05, 0.1) is 6.10 Å². The Morgan fingerprint density at radius 1 is 1.25 bits per heavy atom. The molecule has 0 aromatic heterocycles. The zero-order valence-electron chi connectivity index (χ0n) is 11.5. The highest BCUT2D eigenvalue weighted by Gasteiger charge is 2.20. The van der Waals surface area contributed by atoms with Gasteiger partial charge in [-0.3, -0.25) is 4.90 Å². The van der Waals surface area contributed by atoms with E-state index >= 15 is 0 Å². The van der Waals surface area contributed by atoms with Gasteiger partial charge < -0.3 is 9.84 Å². The zero-order valence-corrected chi connectivity index (χ0v) is 13.0. The second-order valence-electron chi connectivity index (χ2n) is 5.16. The number of aliphatic hydroxyl groups excluding tert-OH is 1. The maximum absolute atomic E-state index is 8.74. The summed E-state index contributed by atoms with van der Waals surface area (Å²) in [4.78, 5) is 2.39. The number of nitrogens with zero attached hydrogens (tertiary/aromatic N) is 1. The van der Waals surface area contributed by atoms with Crippen molar-refractivity contribution in [2.75, 3.05) is 26.3 Å². The molecule has 0 amide bonds. The summed E-state index contributed by atoms with van der Waals surface area (Å²) in [5, 5.41) is 10.1. The molecule has 1 fully saturated rings. The maximum atomic E-state index is 8.74. The quantitative estimate of drug-likeness (QED) is 0.817. The first-order chi connectivity index (χ1) is 9.69. The van der Waals surface area contributed by atoms with E-state index in [1.807, 2.05) is 12.1 Å². The van der Waals surface area contributed by atoms with Gasteiger partial charge in [-0.2, -0.15) is 0 Å². The molecule has 0 spiro atoms. The third-order valence-electron chi connectivity index (χ3n) is 3.60. The fourth-order valence-corrected chi connectivity index (χ4v) is 2.91. The topological polar surface area (TPSA) is 32.7 Å². The minimum Gasteiger partial charge on any atom is -0.396 e. The van der Waals surface area contributed by atoms with Gasteiger partial charge in [0.25, 0.3) is 0 Å². The zero-order chi connectivity index (χ0) is 14.4. The van der Waals surface area contributed by atoms with Crippen molar-refractivity contribution >= 4 is 23.2 Å². The Kier molecular flexibility index (Phi) is 6.59. The predicted molar refractivity (Wildman–Crippen MR) is 82.4 cm³/mol. The Hall–Kier alpha value is -0.320. The standard InChI is InChI=1S/C15H21Cl2NO2/c16-13-3-2-12(15(17)10-13)11-18-6-4-14(5-7-18)20-9-1-8-19/h2-3,10,14,19H,1,4-9,11H2. The van der Waals surface area contributed by atoms with E-state index in [-0.39, 0.29) is 6.61 Å². The van der Waals surface area contributed by atoms with Crippen molar-refractivity contribution in [2.45, 2.75) is 31.9 Å². The summed E-state index contributed by atoms with van der Waals surface area (Å²) >= 11 is 12.1. The molecule has 1 N–H and O–H groups in total. The Labute approximate surface area is 130 Å². The van der Waals surface area contributed by atoms with Gasteiger partial charge in [-0.1, -0.05) is 29.3 Å². The van der Waals surface area contributed by atoms with Gasteiger partial charge in [0.1, 0.15) is 0 Å². The number of hydrogen-bond donors (Lipinski definition) is 1. The second-order valence-corrected chi connectivity index (χ2v) is 6.00. The van der Waals surface area contributed by atoms with Crippen molar-refractivity contribution in [1.82, 2.24) is 4.90 Å². The largest absolute Gasteiger partial charge is 0.396 e. The lowest BCUT2D eigenvalue weighted by Gasteiger charge is -2.32. The van der Waals surface area contributed by atoms with Crippen molar-refractivity contribution in [3.05, 3.63) is 33.8 Å². The van der Waals surface area contributed by atoms with Gasteiger partial charge in [-0.15, -0.1) is 0 Å². The van der Waals surface area contributed by atoms with Crippen LogP contribution in [-0.2, 0) is 11.3 Å². The number of rotatable bonds is 6. The smallest absolute Gasteiger partial charge is 0.0599 e. The molecular weight excluding hydrogens is 297 g/mol. The van der Waals surface area contributed by atoms with Crippen LogP contribution in [0.1, 0.15) is 24.8 Å². The molecule has 1 aromatic rings. The third kappa shape index (κ3) is 4.90. The van der Waals surface area contributed by atoms with Crippen LogP contribution in [0.5, 0.6) is 0 Å². The molecule has 112 valence electrons. The number of aliphatic hydroxyl groups is 1. The Morgan fingerprint density at radius 2 is 2.00 bits per heavy atom. The van der Waals surface area contributed by atoms with Gasteiger partial charge in [-0.05, 0) is 37.0 Å². The lowest BCUT2D eigenvalue weighted by Crippen LogP contribution is -2.36. The number of benzene rings is 1. The van der Waals surface area contributed by atoms with Gasteiger partial charge >= 0.3 is 0 Å². The van der Waals surface area contributed by atoms with Crippen molar-refractivity contribution in [3.8, 4) is 0 Å². The molecule has 0 saturated carbocycles. The summed E-state index contributed by atoms with van der Waals surface area (Å²) in [6.07, 6.45) is 3.13. The average Bonchev–Trinajstić information content (AvgIpc) is 2.44. The van der Waals surface area contributed by atoms with Crippen LogP contribution in [0.25, 0.3) is 0 Å². The van der Waals surface area contributed by atoms with E-state index in [0.29, 0.717) is 17.7 Å². The first-order valence-corrected chi connectivity index (χ1v) is 7.83. The van der Waals surface area contributed by atoms with Crippen LogP contribution in [0.3, 0.4) is 0 Å². The van der Waals surface area contributed by atoms with Gasteiger partial charge in [0.15, 0.2) is 0 Å². The summed E-state index contributed by atoms with van der Waals surface area (Å²) in [7, 11) is 0. The molecule has 0 radical (unpaired) electrons. The molecule has 0 atom stereocenters. The van der Waals surface area contributed by atoms with Crippen LogP contribution < -0.4 is 0 Å². The minimum absolute atomic E-state index is 0.202. The number of hydrogen-bond acceptors (Lipinski definition) is 3. The fraction of sp³-hybridized carbons (Fsp3) is 0.600. The first-order valence-electron chi connectivity index (χ1n) is 7.08. The molecule has 20 heavy (non-hydrogen) atoms. The molecule has 3 nitrogen and oxygen atoms in total. The summed E-state index contributed by atoms with van der Waals surface area (Å²) in [6.45, 7) is 3.75. The molecule has 0 aliphatic carbocycles. The Morgan fingerprint density at radius 3 is 2.65 bits per heavy atom. The minimum atomic E-state index is 0.202. The van der Waals surface area contributed by atoms with E-state index in [2.05, 4.69) is 4.90 Å². The highest BCUT2D eigenvalue weighted by molar-refractivity contribution is 6.35. The fourth-order valence-electron chi connectivity index (χ4n) is 2.44. The molecule has 0 unspecified atom stereocenters. The summed E-state index contributed by atoms with van der Waals surface area (Å²) in [5.41, 5.74) is 1.12. The average molecular weight is 318 g/mol. The lowest BCUT2D eigenvalue weighted by molar-refractivity contribution is 0.000792. The Balaban J connectivity index is 1.76. The predicted octanol–water partition coefficient (Wildman–Crippen LogP) is 3.36. The number of likely N-dealkylation sites (tertiary alicyclic amines) is 1. The summed E-state index contributed by atoms with van der Waals surface area (Å²) in [5.74, 6) is 0. The molecular formula is C15H21Cl2NO2. The van der Waals surface area contributed by atoms with E-state index in [9.17, 15) is 0 Å². The highest BCUT2D eigenvalue weighted by Crippen LogP contribution is 2.24. The van der Waals surface area contributed by atoms with Crippen LogP contribution in [0, 0.1) is 0 Å². The first kappa shape index (κ1) is 16.1. The maximum Gasteiger partial charge on any atom is 0.0599 e. The number of ether oxygens (including phenoxy) is 1. The van der Waals surface area contributed by atoms with Crippen molar-refractivity contribution in [2.24, 2.45) is 0 Å². The molecule has 1 saturated heterocycles. The third-order valence-corrected chi connectivity index (χ3v) is 4.19. The van der Waals surface area contributed by atoms with Crippen molar-refractivity contribution in [1.29, 1.82) is 0 Å². The SMILES string of the molecule is OCCCOC1CCN(Cc2ccc(Cl)cc2Cl)CC1.